The predicted octanol–water partition coefficient (Wildman–Crippen LogP) is 4.86. The fourth-order valence-corrected chi connectivity index (χ4v) is 2.50. The Hall–Kier alpha value is -1.72. The maximum atomic E-state index is 11.8. The molecule has 1 amide bonds. The van der Waals surface area contributed by atoms with Crippen molar-refractivity contribution in [3.05, 3.63) is 57.5 Å². The van der Waals surface area contributed by atoms with E-state index in [1.807, 2.05) is 30.3 Å². The van der Waals surface area contributed by atoms with E-state index in [1.54, 1.807) is 12.1 Å². The number of hydrogen-bond acceptors (Lipinski definition) is 3. The number of amides is 1. The quantitative estimate of drug-likeness (QED) is 0.836. The smallest absolute Gasteiger partial charge is 0.412 e. The van der Waals surface area contributed by atoms with Crippen LogP contribution in [0, 0.1) is 0 Å². The van der Waals surface area contributed by atoms with E-state index in [9.17, 15) is 4.79 Å². The average molecular weight is 371 g/mol. The first-order valence-corrected chi connectivity index (χ1v) is 7.28. The number of ether oxygens (including phenoxy) is 2. The number of anilines is 1. The van der Waals surface area contributed by atoms with Crippen LogP contribution >= 0.6 is 27.5 Å². The molecule has 21 heavy (non-hydrogen) atoms. The summed E-state index contributed by atoms with van der Waals surface area (Å²) in [5.41, 5.74) is 1.34. The van der Waals surface area contributed by atoms with E-state index in [-0.39, 0.29) is 6.61 Å². The molecule has 0 aliphatic heterocycles. The zero-order valence-corrected chi connectivity index (χ0v) is 13.6. The lowest BCUT2D eigenvalue weighted by molar-refractivity contribution is 0.155. The van der Waals surface area contributed by atoms with E-state index in [2.05, 4.69) is 21.2 Å². The zero-order valence-electron chi connectivity index (χ0n) is 11.2. The van der Waals surface area contributed by atoms with Crippen LogP contribution in [0.1, 0.15) is 5.56 Å². The standard InChI is InChI=1S/C15H13BrClNO3/c1-20-14-8-13(12(17)7-11(14)16)18-15(19)21-9-10-5-3-2-4-6-10/h2-8H,9H2,1H3,(H,18,19). The molecular formula is C15H13BrClNO3. The van der Waals surface area contributed by atoms with Crippen LogP contribution in [0.3, 0.4) is 0 Å². The molecule has 2 aromatic carbocycles. The molecule has 0 atom stereocenters. The summed E-state index contributed by atoms with van der Waals surface area (Å²) in [5.74, 6) is 0.567. The highest BCUT2D eigenvalue weighted by Gasteiger charge is 2.11. The predicted molar refractivity (Wildman–Crippen MR) is 86.0 cm³/mol. The van der Waals surface area contributed by atoms with Crippen LogP contribution in [-0.2, 0) is 11.3 Å². The lowest BCUT2D eigenvalue weighted by Gasteiger charge is -2.11. The van der Waals surface area contributed by atoms with Gasteiger partial charge < -0.3 is 9.47 Å². The van der Waals surface area contributed by atoms with Crippen molar-refractivity contribution in [1.29, 1.82) is 0 Å². The number of hydrogen-bond donors (Lipinski definition) is 1. The van der Waals surface area contributed by atoms with E-state index in [4.69, 9.17) is 21.1 Å². The van der Waals surface area contributed by atoms with Crippen molar-refractivity contribution in [2.45, 2.75) is 6.61 Å². The fraction of sp³-hybridized carbons (Fsp3) is 0.133. The van der Waals surface area contributed by atoms with Crippen molar-refractivity contribution < 1.29 is 14.3 Å². The summed E-state index contributed by atoms with van der Waals surface area (Å²) in [4.78, 5) is 11.8. The minimum absolute atomic E-state index is 0.192. The van der Waals surface area contributed by atoms with Gasteiger partial charge >= 0.3 is 6.09 Å². The molecule has 0 bridgehead atoms. The van der Waals surface area contributed by atoms with Gasteiger partial charge in [0, 0.05) is 6.07 Å². The molecule has 0 aliphatic carbocycles. The van der Waals surface area contributed by atoms with Gasteiger partial charge in [-0.1, -0.05) is 41.9 Å². The van der Waals surface area contributed by atoms with Crippen molar-refractivity contribution in [3.63, 3.8) is 0 Å². The van der Waals surface area contributed by atoms with Gasteiger partial charge in [-0.25, -0.2) is 4.79 Å². The molecule has 4 nitrogen and oxygen atoms in total. The van der Waals surface area contributed by atoms with Gasteiger partial charge in [0.2, 0.25) is 0 Å². The molecule has 2 aromatic rings. The molecule has 0 saturated carbocycles. The van der Waals surface area contributed by atoms with E-state index in [1.165, 1.54) is 7.11 Å². The Morgan fingerprint density at radius 2 is 2.00 bits per heavy atom. The van der Waals surface area contributed by atoms with E-state index in [0.717, 1.165) is 5.56 Å². The molecule has 110 valence electrons. The maximum absolute atomic E-state index is 11.8. The van der Waals surface area contributed by atoms with Gasteiger partial charge in [0.25, 0.3) is 0 Å². The van der Waals surface area contributed by atoms with Gasteiger partial charge in [0.15, 0.2) is 0 Å². The number of methoxy groups -OCH3 is 1. The Morgan fingerprint density at radius 1 is 1.29 bits per heavy atom. The largest absolute Gasteiger partial charge is 0.495 e. The second-order valence-corrected chi connectivity index (χ2v) is 5.41. The van der Waals surface area contributed by atoms with E-state index < -0.39 is 6.09 Å². The highest BCUT2D eigenvalue weighted by Crippen LogP contribution is 2.34. The minimum Gasteiger partial charge on any atom is -0.495 e. The number of nitrogens with one attached hydrogen (secondary N) is 1. The Morgan fingerprint density at radius 3 is 2.67 bits per heavy atom. The third kappa shape index (κ3) is 4.37. The molecule has 0 heterocycles. The van der Waals surface area contributed by atoms with Crippen molar-refractivity contribution >= 4 is 39.3 Å². The number of carbonyl (C=O) groups excluding carboxylic acids is 1. The second kappa shape index (κ2) is 7.33. The summed E-state index contributed by atoms with van der Waals surface area (Å²) in [6, 6.07) is 12.7. The molecule has 1 N–H and O–H groups in total. The number of benzene rings is 2. The normalized spacial score (nSPS) is 10.0. The SMILES string of the molecule is COc1cc(NC(=O)OCc2ccccc2)c(Cl)cc1Br. The Kier molecular flexibility index (Phi) is 5.47. The van der Waals surface area contributed by atoms with Crippen LogP contribution in [0.5, 0.6) is 5.75 Å². The zero-order chi connectivity index (χ0) is 15.2. The highest BCUT2D eigenvalue weighted by atomic mass is 79.9. The summed E-state index contributed by atoms with van der Waals surface area (Å²) in [5, 5.41) is 2.98. The minimum atomic E-state index is -0.579. The van der Waals surface area contributed by atoms with Crippen LogP contribution in [0.25, 0.3) is 0 Å². The average Bonchev–Trinajstić information content (AvgIpc) is 2.49. The van der Waals surface area contributed by atoms with Crippen molar-refractivity contribution in [3.8, 4) is 5.75 Å². The summed E-state index contributed by atoms with van der Waals surface area (Å²) < 4.78 is 11.0. The molecule has 0 saturated heterocycles. The molecule has 2 rings (SSSR count). The summed E-state index contributed by atoms with van der Waals surface area (Å²) in [6.07, 6.45) is -0.579. The van der Waals surface area contributed by atoms with Crippen molar-refractivity contribution in [2.75, 3.05) is 12.4 Å². The molecule has 0 fully saturated rings. The first kappa shape index (κ1) is 15.7. The summed E-state index contributed by atoms with van der Waals surface area (Å²) in [7, 11) is 1.53. The van der Waals surface area contributed by atoms with Crippen LogP contribution in [-0.4, -0.2) is 13.2 Å². The third-order valence-electron chi connectivity index (χ3n) is 2.69. The number of carbonyl (C=O) groups is 1. The van der Waals surface area contributed by atoms with Gasteiger partial charge in [0.1, 0.15) is 12.4 Å². The molecule has 6 heteroatoms. The fourth-order valence-electron chi connectivity index (χ4n) is 1.65. The van der Waals surface area contributed by atoms with Gasteiger partial charge in [-0.2, -0.15) is 0 Å². The monoisotopic (exact) mass is 369 g/mol. The van der Waals surface area contributed by atoms with Crippen LogP contribution in [0.2, 0.25) is 5.02 Å². The molecule has 0 radical (unpaired) electrons. The highest BCUT2D eigenvalue weighted by molar-refractivity contribution is 9.10. The first-order valence-electron chi connectivity index (χ1n) is 6.11. The first-order chi connectivity index (χ1) is 10.1. The maximum Gasteiger partial charge on any atom is 0.412 e. The molecule has 0 aliphatic rings. The third-order valence-corrected chi connectivity index (χ3v) is 3.62. The number of rotatable bonds is 4. The van der Waals surface area contributed by atoms with Crippen LogP contribution < -0.4 is 10.1 Å². The van der Waals surface area contributed by atoms with Gasteiger partial charge in [-0.15, -0.1) is 0 Å². The molecule has 0 aromatic heterocycles. The number of halogens is 2. The van der Waals surface area contributed by atoms with Crippen LogP contribution in [0.4, 0.5) is 10.5 Å². The Bertz CT molecular complexity index is 634. The summed E-state index contributed by atoms with van der Waals surface area (Å²) >= 11 is 9.38. The Balaban J connectivity index is 1.99. The van der Waals surface area contributed by atoms with Crippen molar-refractivity contribution in [1.82, 2.24) is 0 Å². The van der Waals surface area contributed by atoms with Crippen molar-refractivity contribution in [2.24, 2.45) is 0 Å². The van der Waals surface area contributed by atoms with Gasteiger partial charge in [-0.05, 0) is 27.6 Å². The second-order valence-electron chi connectivity index (χ2n) is 4.15. The van der Waals surface area contributed by atoms with E-state index >= 15 is 0 Å². The van der Waals surface area contributed by atoms with Gasteiger partial charge in [-0.3, -0.25) is 5.32 Å². The lowest BCUT2D eigenvalue weighted by atomic mass is 10.2. The molecular weight excluding hydrogens is 358 g/mol. The summed E-state index contributed by atoms with van der Waals surface area (Å²) in [6.45, 7) is 0.192. The Labute approximate surface area is 136 Å². The van der Waals surface area contributed by atoms with Crippen LogP contribution in [0.15, 0.2) is 46.9 Å². The molecule has 0 spiro atoms. The topological polar surface area (TPSA) is 47.6 Å². The van der Waals surface area contributed by atoms with E-state index in [0.29, 0.717) is 20.9 Å². The van der Waals surface area contributed by atoms with Gasteiger partial charge in [0.05, 0.1) is 22.3 Å². The lowest BCUT2D eigenvalue weighted by Crippen LogP contribution is -2.14. The molecule has 0 unspecified atom stereocenters.